The molecule has 1 heterocycles. The van der Waals surface area contributed by atoms with Crippen LogP contribution in [0.25, 0.3) is 0 Å². The van der Waals surface area contributed by atoms with Crippen molar-refractivity contribution in [3.05, 3.63) is 31.6 Å². The van der Waals surface area contributed by atoms with E-state index in [0.717, 1.165) is 0 Å². The Labute approximate surface area is 72.6 Å². The fourth-order valence-electron chi connectivity index (χ4n) is 0.835. The van der Waals surface area contributed by atoms with E-state index < -0.39 is 11.2 Å². The van der Waals surface area contributed by atoms with Gasteiger partial charge in [0.15, 0.2) is 0 Å². The molecule has 0 radical (unpaired) electrons. The third-order valence-corrected chi connectivity index (χ3v) is 1.75. The summed E-state index contributed by atoms with van der Waals surface area (Å²) in [6.07, 6.45) is 0.387. The van der Waals surface area contributed by atoms with E-state index in [-0.39, 0.29) is 5.02 Å². The molecule has 0 aliphatic rings. The van der Waals surface area contributed by atoms with Gasteiger partial charge in [-0.1, -0.05) is 11.6 Å². The highest BCUT2D eigenvalue weighted by molar-refractivity contribution is 6.30. The first-order chi connectivity index (χ1) is 5.65. The summed E-state index contributed by atoms with van der Waals surface area (Å²) < 4.78 is 0. The summed E-state index contributed by atoms with van der Waals surface area (Å²) >= 11 is 5.57. The molecule has 12 heavy (non-hydrogen) atoms. The van der Waals surface area contributed by atoms with Crippen LogP contribution in [0.2, 0.25) is 5.02 Å². The zero-order valence-electron chi connectivity index (χ0n) is 6.19. The number of hydrogen-bond donors (Lipinski definition) is 3. The Morgan fingerprint density at radius 2 is 2.00 bits per heavy atom. The Bertz CT molecular complexity index is 381. The normalized spacial score (nSPS) is 10.2. The molecule has 1 aromatic heterocycles. The molecule has 0 atom stereocenters. The second kappa shape index (κ2) is 3.55. The van der Waals surface area contributed by atoms with Crippen molar-refractivity contribution in [2.45, 2.75) is 6.42 Å². The number of nitrogens with two attached hydrogens (primary N) is 1. The largest absolute Gasteiger partial charge is 0.330 e. The molecule has 0 amide bonds. The van der Waals surface area contributed by atoms with Crippen LogP contribution in [0.5, 0.6) is 0 Å². The maximum atomic E-state index is 10.9. The molecule has 0 saturated heterocycles. The van der Waals surface area contributed by atoms with Gasteiger partial charge in [0.25, 0.3) is 5.56 Å². The lowest BCUT2D eigenvalue weighted by atomic mass is 10.3. The molecule has 0 unspecified atom stereocenters. The molecule has 5 nitrogen and oxygen atoms in total. The van der Waals surface area contributed by atoms with Crippen LogP contribution >= 0.6 is 11.6 Å². The Balaban J connectivity index is 3.28. The van der Waals surface area contributed by atoms with Gasteiger partial charge in [0.05, 0.1) is 0 Å². The first kappa shape index (κ1) is 9.02. The lowest BCUT2D eigenvalue weighted by Gasteiger charge is -1.98. The highest BCUT2D eigenvalue weighted by Gasteiger charge is 2.04. The second-order valence-electron chi connectivity index (χ2n) is 2.24. The van der Waals surface area contributed by atoms with Crippen LogP contribution in [0, 0.1) is 0 Å². The van der Waals surface area contributed by atoms with E-state index in [2.05, 4.69) is 4.98 Å². The van der Waals surface area contributed by atoms with E-state index in [0.29, 0.717) is 18.7 Å². The number of nitrogens with one attached hydrogen (secondary N) is 2. The molecule has 66 valence electrons. The number of aromatic amines is 2. The van der Waals surface area contributed by atoms with Gasteiger partial charge in [0.1, 0.15) is 5.02 Å². The van der Waals surface area contributed by atoms with E-state index in [9.17, 15) is 9.59 Å². The van der Waals surface area contributed by atoms with Gasteiger partial charge in [-0.2, -0.15) is 0 Å². The molecule has 6 heteroatoms. The molecule has 0 aliphatic carbocycles. The van der Waals surface area contributed by atoms with Gasteiger partial charge in [0, 0.05) is 12.1 Å². The Hall–Kier alpha value is -1.07. The van der Waals surface area contributed by atoms with Crippen LogP contribution in [0.1, 0.15) is 5.69 Å². The average molecular weight is 190 g/mol. The van der Waals surface area contributed by atoms with E-state index >= 15 is 0 Å². The molecule has 4 N–H and O–H groups in total. The number of rotatable bonds is 2. The smallest absolute Gasteiger partial charge is 0.325 e. The summed E-state index contributed by atoms with van der Waals surface area (Å²) in [7, 11) is 0. The van der Waals surface area contributed by atoms with Crippen molar-refractivity contribution in [2.75, 3.05) is 6.54 Å². The first-order valence-corrected chi connectivity index (χ1v) is 3.74. The fraction of sp³-hybridized carbons (Fsp3) is 0.333. The van der Waals surface area contributed by atoms with Crippen LogP contribution in [-0.4, -0.2) is 16.5 Å². The number of hydrogen-bond acceptors (Lipinski definition) is 3. The van der Waals surface area contributed by atoms with E-state index in [1.807, 2.05) is 4.98 Å². The van der Waals surface area contributed by atoms with Crippen LogP contribution in [0.15, 0.2) is 9.59 Å². The monoisotopic (exact) mass is 189 g/mol. The van der Waals surface area contributed by atoms with Crippen molar-refractivity contribution in [3.63, 3.8) is 0 Å². The summed E-state index contributed by atoms with van der Waals surface area (Å²) in [6, 6.07) is 0. The van der Waals surface area contributed by atoms with Crippen LogP contribution < -0.4 is 17.0 Å². The van der Waals surface area contributed by atoms with Gasteiger partial charge in [-0.15, -0.1) is 0 Å². The molecule has 1 aromatic rings. The third-order valence-electron chi connectivity index (χ3n) is 1.35. The summed E-state index contributed by atoms with van der Waals surface area (Å²) in [5.74, 6) is 0. The van der Waals surface area contributed by atoms with Crippen molar-refractivity contribution >= 4 is 11.6 Å². The van der Waals surface area contributed by atoms with Gasteiger partial charge in [0.2, 0.25) is 0 Å². The molecule has 0 saturated carbocycles. The lowest BCUT2D eigenvalue weighted by Crippen LogP contribution is -2.25. The first-order valence-electron chi connectivity index (χ1n) is 3.36. The van der Waals surface area contributed by atoms with Crippen molar-refractivity contribution in [1.29, 1.82) is 0 Å². The fourth-order valence-corrected chi connectivity index (χ4v) is 1.02. The predicted molar refractivity (Wildman–Crippen MR) is 45.5 cm³/mol. The average Bonchev–Trinajstić information content (AvgIpc) is 2.00. The topological polar surface area (TPSA) is 91.7 Å². The Morgan fingerprint density at radius 1 is 1.33 bits per heavy atom. The van der Waals surface area contributed by atoms with E-state index in [1.54, 1.807) is 0 Å². The van der Waals surface area contributed by atoms with E-state index in [1.165, 1.54) is 0 Å². The minimum Gasteiger partial charge on any atom is -0.330 e. The number of halogens is 1. The van der Waals surface area contributed by atoms with Crippen LogP contribution in [0.3, 0.4) is 0 Å². The molecule has 0 bridgehead atoms. The lowest BCUT2D eigenvalue weighted by molar-refractivity contribution is 0.880. The third kappa shape index (κ3) is 1.75. The zero-order valence-corrected chi connectivity index (χ0v) is 6.94. The second-order valence-corrected chi connectivity index (χ2v) is 2.62. The number of H-pyrrole nitrogens is 2. The van der Waals surface area contributed by atoms with Crippen LogP contribution in [0.4, 0.5) is 0 Å². The minimum absolute atomic E-state index is 0.0000463. The van der Waals surface area contributed by atoms with Gasteiger partial charge in [-0.25, -0.2) is 4.79 Å². The zero-order chi connectivity index (χ0) is 9.14. The molecular weight excluding hydrogens is 182 g/mol. The predicted octanol–water partition coefficient (Wildman–Crippen LogP) is -0.782. The maximum absolute atomic E-state index is 10.9. The molecule has 0 aromatic carbocycles. The SMILES string of the molecule is NCCc1[nH]c(=O)[nH]c(=O)c1Cl. The highest BCUT2D eigenvalue weighted by atomic mass is 35.5. The van der Waals surface area contributed by atoms with Crippen molar-refractivity contribution in [2.24, 2.45) is 5.73 Å². The van der Waals surface area contributed by atoms with Gasteiger partial charge < -0.3 is 10.7 Å². The summed E-state index contributed by atoms with van der Waals surface area (Å²) in [5, 5.41) is 0.0000463. The summed E-state index contributed by atoms with van der Waals surface area (Å²) in [4.78, 5) is 26.0. The quantitative estimate of drug-likeness (QED) is 0.570. The Kier molecular flexibility index (Phi) is 2.67. The maximum Gasteiger partial charge on any atom is 0.325 e. The standard InChI is InChI=1S/C6H8ClN3O2/c7-4-3(1-2-8)9-6(12)10-5(4)11/h1-2,8H2,(H2,9,10,11,12). The van der Waals surface area contributed by atoms with Crippen LogP contribution in [-0.2, 0) is 6.42 Å². The van der Waals surface area contributed by atoms with Gasteiger partial charge >= 0.3 is 5.69 Å². The molecule has 0 aliphatic heterocycles. The highest BCUT2D eigenvalue weighted by Crippen LogP contribution is 2.03. The van der Waals surface area contributed by atoms with Crippen molar-refractivity contribution < 1.29 is 0 Å². The number of aromatic nitrogens is 2. The molecule has 0 fully saturated rings. The minimum atomic E-state index is -0.580. The molecule has 0 spiro atoms. The van der Waals surface area contributed by atoms with Gasteiger partial charge in [-0.05, 0) is 6.54 Å². The van der Waals surface area contributed by atoms with Crippen molar-refractivity contribution in [1.82, 2.24) is 9.97 Å². The van der Waals surface area contributed by atoms with E-state index in [4.69, 9.17) is 17.3 Å². The summed E-state index contributed by atoms with van der Waals surface area (Å²) in [6.45, 7) is 0.332. The summed E-state index contributed by atoms with van der Waals surface area (Å²) in [5.41, 5.74) is 4.48. The Morgan fingerprint density at radius 3 is 2.58 bits per heavy atom. The van der Waals surface area contributed by atoms with Crippen molar-refractivity contribution in [3.8, 4) is 0 Å². The molecule has 1 rings (SSSR count). The van der Waals surface area contributed by atoms with Gasteiger partial charge in [-0.3, -0.25) is 9.78 Å². The molecular formula is C6H8ClN3O2.